The molecule has 1 atom stereocenters. The fourth-order valence-electron chi connectivity index (χ4n) is 1.04. The van der Waals surface area contributed by atoms with Gasteiger partial charge in [0.25, 0.3) is 0 Å². The van der Waals surface area contributed by atoms with E-state index in [2.05, 4.69) is 17.2 Å². The molecule has 86 valence electrons. The van der Waals surface area contributed by atoms with E-state index in [0.29, 0.717) is 13.0 Å². The maximum absolute atomic E-state index is 11.1. The Bertz CT molecular complexity index is 229. The lowest BCUT2D eigenvalue weighted by molar-refractivity contribution is -0.139. The highest BCUT2D eigenvalue weighted by molar-refractivity contribution is 5.82. The van der Waals surface area contributed by atoms with E-state index in [4.69, 9.17) is 5.11 Å². The smallest absolute Gasteiger partial charge is 0.326 e. The Morgan fingerprint density at radius 2 is 2.20 bits per heavy atom. The fourth-order valence-corrected chi connectivity index (χ4v) is 1.04. The quantitative estimate of drug-likeness (QED) is 0.555. The van der Waals surface area contributed by atoms with Crippen molar-refractivity contribution < 1.29 is 14.7 Å². The average molecular weight is 214 g/mol. The van der Waals surface area contributed by atoms with Gasteiger partial charge in [0.1, 0.15) is 6.04 Å². The van der Waals surface area contributed by atoms with E-state index < -0.39 is 18.0 Å². The number of amides is 2. The second kappa shape index (κ2) is 7.84. The molecular formula is C10H18N2O3. The Morgan fingerprint density at radius 1 is 1.53 bits per heavy atom. The van der Waals surface area contributed by atoms with Gasteiger partial charge in [-0.15, -0.1) is 6.58 Å². The lowest BCUT2D eigenvalue weighted by Gasteiger charge is -2.14. The normalized spacial score (nSPS) is 11.5. The van der Waals surface area contributed by atoms with Crippen molar-refractivity contribution in [3.8, 4) is 0 Å². The van der Waals surface area contributed by atoms with E-state index in [1.807, 2.05) is 6.92 Å². The van der Waals surface area contributed by atoms with E-state index in [0.717, 1.165) is 12.8 Å². The highest BCUT2D eigenvalue weighted by Gasteiger charge is 2.18. The Labute approximate surface area is 89.6 Å². The van der Waals surface area contributed by atoms with Gasteiger partial charge in [-0.3, -0.25) is 0 Å². The number of carboxylic acids is 1. The number of aliphatic carboxylic acids is 1. The molecule has 0 aliphatic carbocycles. The third kappa shape index (κ3) is 6.54. The number of carbonyl (C=O) groups is 2. The van der Waals surface area contributed by atoms with Crippen LogP contribution < -0.4 is 10.6 Å². The van der Waals surface area contributed by atoms with E-state index in [1.165, 1.54) is 6.08 Å². The molecule has 0 saturated heterocycles. The van der Waals surface area contributed by atoms with Crippen molar-refractivity contribution in [2.45, 2.75) is 32.2 Å². The van der Waals surface area contributed by atoms with Crippen molar-refractivity contribution >= 4 is 12.0 Å². The van der Waals surface area contributed by atoms with Crippen molar-refractivity contribution in [1.82, 2.24) is 10.6 Å². The lowest BCUT2D eigenvalue weighted by atomic mass is 10.1. The predicted octanol–water partition coefficient (Wildman–Crippen LogP) is 1.11. The van der Waals surface area contributed by atoms with Gasteiger partial charge in [-0.1, -0.05) is 25.8 Å². The minimum atomic E-state index is -1.00. The van der Waals surface area contributed by atoms with Crippen LogP contribution in [0.2, 0.25) is 0 Å². The van der Waals surface area contributed by atoms with Crippen molar-refractivity contribution in [2.75, 3.05) is 6.54 Å². The number of carbonyl (C=O) groups excluding carboxylic acids is 1. The maximum atomic E-state index is 11.1. The summed E-state index contributed by atoms with van der Waals surface area (Å²) in [6, 6.07) is -1.28. The van der Waals surface area contributed by atoms with Crippen molar-refractivity contribution in [3.05, 3.63) is 12.7 Å². The van der Waals surface area contributed by atoms with Crippen molar-refractivity contribution in [3.63, 3.8) is 0 Å². The summed E-state index contributed by atoms with van der Waals surface area (Å²) < 4.78 is 0. The number of unbranched alkanes of at least 4 members (excludes halogenated alkanes) is 1. The molecule has 5 nitrogen and oxygen atoms in total. The number of hydrogen-bond acceptors (Lipinski definition) is 2. The van der Waals surface area contributed by atoms with Crippen LogP contribution in [0.5, 0.6) is 0 Å². The SMILES string of the molecule is C=CCNC(=O)NC(CCCC)C(=O)O. The summed E-state index contributed by atoms with van der Waals surface area (Å²) in [5.74, 6) is -1.00. The van der Waals surface area contributed by atoms with Gasteiger partial charge >= 0.3 is 12.0 Å². The molecule has 0 fully saturated rings. The van der Waals surface area contributed by atoms with Crippen LogP contribution in [0.3, 0.4) is 0 Å². The van der Waals surface area contributed by atoms with E-state index in [1.54, 1.807) is 0 Å². The summed E-state index contributed by atoms with van der Waals surface area (Å²) in [5, 5.41) is 13.7. The highest BCUT2D eigenvalue weighted by Crippen LogP contribution is 2.00. The van der Waals surface area contributed by atoms with Gasteiger partial charge in [0, 0.05) is 6.54 Å². The number of hydrogen-bond donors (Lipinski definition) is 3. The lowest BCUT2D eigenvalue weighted by Crippen LogP contribution is -2.45. The van der Waals surface area contributed by atoms with Crippen LogP contribution in [0.4, 0.5) is 4.79 Å². The number of urea groups is 1. The summed E-state index contributed by atoms with van der Waals surface area (Å²) in [6.45, 7) is 5.73. The van der Waals surface area contributed by atoms with Crippen LogP contribution in [0.25, 0.3) is 0 Å². The van der Waals surface area contributed by atoms with E-state index >= 15 is 0 Å². The van der Waals surface area contributed by atoms with Crippen LogP contribution in [0.1, 0.15) is 26.2 Å². The Balaban J connectivity index is 3.98. The highest BCUT2D eigenvalue weighted by atomic mass is 16.4. The molecule has 0 saturated carbocycles. The molecule has 0 aromatic rings. The molecule has 0 heterocycles. The summed E-state index contributed by atoms with van der Waals surface area (Å²) in [7, 11) is 0. The molecule has 3 N–H and O–H groups in total. The van der Waals surface area contributed by atoms with Crippen molar-refractivity contribution in [1.29, 1.82) is 0 Å². The third-order valence-corrected chi connectivity index (χ3v) is 1.86. The third-order valence-electron chi connectivity index (χ3n) is 1.86. The zero-order valence-electron chi connectivity index (χ0n) is 8.95. The van der Waals surface area contributed by atoms with Crippen molar-refractivity contribution in [2.24, 2.45) is 0 Å². The summed E-state index contributed by atoms with van der Waals surface area (Å²) in [4.78, 5) is 21.9. The molecule has 1 unspecified atom stereocenters. The maximum Gasteiger partial charge on any atom is 0.326 e. The number of nitrogens with one attached hydrogen (secondary N) is 2. The van der Waals surface area contributed by atoms with E-state index in [9.17, 15) is 9.59 Å². The molecule has 2 amide bonds. The predicted molar refractivity (Wildman–Crippen MR) is 57.7 cm³/mol. The van der Waals surface area contributed by atoms with Crippen LogP contribution in [0.15, 0.2) is 12.7 Å². The van der Waals surface area contributed by atoms with Crippen LogP contribution in [-0.2, 0) is 4.79 Å². The topological polar surface area (TPSA) is 78.4 Å². The molecule has 0 bridgehead atoms. The second-order valence-corrected chi connectivity index (χ2v) is 3.18. The molecule has 0 spiro atoms. The zero-order chi connectivity index (χ0) is 11.7. The first-order chi connectivity index (χ1) is 7.11. The molecule has 5 heteroatoms. The number of rotatable bonds is 7. The van der Waals surface area contributed by atoms with Gasteiger partial charge in [0.15, 0.2) is 0 Å². The monoisotopic (exact) mass is 214 g/mol. The van der Waals surface area contributed by atoms with E-state index in [-0.39, 0.29) is 0 Å². The van der Waals surface area contributed by atoms with Crippen LogP contribution >= 0.6 is 0 Å². The fraction of sp³-hybridized carbons (Fsp3) is 0.600. The Kier molecular flexibility index (Phi) is 7.05. The zero-order valence-corrected chi connectivity index (χ0v) is 8.95. The molecule has 0 aliphatic heterocycles. The second-order valence-electron chi connectivity index (χ2n) is 3.18. The minimum absolute atomic E-state index is 0.325. The van der Waals surface area contributed by atoms with Gasteiger partial charge in [-0.25, -0.2) is 9.59 Å². The molecular weight excluding hydrogens is 196 g/mol. The Morgan fingerprint density at radius 3 is 2.67 bits per heavy atom. The molecule has 0 aliphatic rings. The molecule has 0 radical (unpaired) electrons. The summed E-state index contributed by atoms with van der Waals surface area (Å²) in [6.07, 6.45) is 3.66. The van der Waals surface area contributed by atoms with Crippen LogP contribution in [0, 0.1) is 0 Å². The molecule has 0 aromatic heterocycles. The summed E-state index contributed by atoms with van der Waals surface area (Å²) >= 11 is 0. The molecule has 0 aromatic carbocycles. The van der Waals surface area contributed by atoms with Gasteiger partial charge in [-0.2, -0.15) is 0 Å². The minimum Gasteiger partial charge on any atom is -0.480 e. The van der Waals surface area contributed by atoms with Crippen LogP contribution in [-0.4, -0.2) is 29.7 Å². The largest absolute Gasteiger partial charge is 0.480 e. The number of carboxylic acid groups (broad SMARTS) is 1. The Hall–Kier alpha value is -1.52. The van der Waals surface area contributed by atoms with Gasteiger partial charge in [0.05, 0.1) is 0 Å². The molecule has 15 heavy (non-hydrogen) atoms. The first kappa shape index (κ1) is 13.5. The first-order valence-corrected chi connectivity index (χ1v) is 4.99. The standard InChI is InChI=1S/C10H18N2O3/c1-3-5-6-8(9(13)14)12-10(15)11-7-4-2/h4,8H,2-3,5-7H2,1H3,(H,13,14)(H2,11,12,15). The first-order valence-electron chi connectivity index (χ1n) is 4.99. The average Bonchev–Trinajstić information content (AvgIpc) is 2.20. The van der Waals surface area contributed by atoms with Gasteiger partial charge in [0.2, 0.25) is 0 Å². The van der Waals surface area contributed by atoms with Gasteiger partial charge < -0.3 is 15.7 Å². The van der Waals surface area contributed by atoms with Gasteiger partial charge in [-0.05, 0) is 6.42 Å². The summed E-state index contributed by atoms with van der Waals surface area (Å²) in [5.41, 5.74) is 0. The molecule has 0 rings (SSSR count).